The van der Waals surface area contributed by atoms with Gasteiger partial charge in [0.1, 0.15) is 13.2 Å². The lowest BCUT2D eigenvalue weighted by molar-refractivity contribution is -0.142. The summed E-state index contributed by atoms with van der Waals surface area (Å²) in [6.07, 6.45) is 1.55. The first kappa shape index (κ1) is 9.90. The zero-order chi connectivity index (χ0) is 7.98. The number of carbonyl (C=O) groups is 1. The Kier molecular flexibility index (Phi) is 5.61. The van der Waals surface area contributed by atoms with Crippen LogP contribution in [0.2, 0.25) is 0 Å². The molecule has 0 fully saturated rings. The lowest BCUT2D eigenvalue weighted by atomic mass is 10.6. The van der Waals surface area contributed by atoms with Gasteiger partial charge in [-0.05, 0) is 7.05 Å². The van der Waals surface area contributed by atoms with Crippen molar-refractivity contribution < 1.29 is 9.53 Å². The average molecular weight is 255 g/mol. The monoisotopic (exact) mass is 255 g/mol. The summed E-state index contributed by atoms with van der Waals surface area (Å²) in [5.41, 5.74) is 0. The molecular weight excluding hydrogens is 245 g/mol. The largest absolute Gasteiger partial charge is 0.460 e. The van der Waals surface area contributed by atoms with Crippen LogP contribution in [0.3, 0.4) is 0 Å². The SMILES string of the molecule is C=CCOC(=O)CN(C)I. The minimum absolute atomic E-state index is 0.225. The lowest BCUT2D eigenvalue weighted by Crippen LogP contribution is -2.19. The van der Waals surface area contributed by atoms with Crippen LogP contribution in [0.5, 0.6) is 0 Å². The van der Waals surface area contributed by atoms with Crippen LogP contribution < -0.4 is 0 Å². The number of likely N-dealkylation sites (N-methyl/N-ethyl adjacent to an activating group) is 1. The van der Waals surface area contributed by atoms with E-state index in [0.29, 0.717) is 13.2 Å². The Labute approximate surface area is 74.5 Å². The number of halogens is 1. The minimum Gasteiger partial charge on any atom is -0.460 e. The van der Waals surface area contributed by atoms with Gasteiger partial charge in [0.25, 0.3) is 0 Å². The van der Waals surface area contributed by atoms with Crippen molar-refractivity contribution in [2.75, 3.05) is 20.2 Å². The zero-order valence-corrected chi connectivity index (χ0v) is 8.00. The van der Waals surface area contributed by atoms with E-state index in [0.717, 1.165) is 0 Å². The fraction of sp³-hybridized carbons (Fsp3) is 0.500. The van der Waals surface area contributed by atoms with Crippen LogP contribution in [0.1, 0.15) is 0 Å². The molecule has 0 bridgehead atoms. The molecule has 4 heteroatoms. The van der Waals surface area contributed by atoms with Crippen molar-refractivity contribution in [3.8, 4) is 0 Å². The van der Waals surface area contributed by atoms with Crippen LogP contribution in [-0.4, -0.2) is 29.3 Å². The standard InChI is InChI=1S/C6H10INO2/c1-3-4-10-6(9)5-8(2)7/h3H,1,4-5H2,2H3. The van der Waals surface area contributed by atoms with E-state index in [9.17, 15) is 4.79 Å². The molecular formula is C6H10INO2. The predicted octanol–water partition coefficient (Wildman–Crippen LogP) is 0.997. The number of ether oxygens (including phenoxy) is 1. The molecule has 0 atom stereocenters. The molecule has 0 heterocycles. The highest BCUT2D eigenvalue weighted by Gasteiger charge is 2.02. The van der Waals surface area contributed by atoms with Gasteiger partial charge in [-0.3, -0.25) is 4.79 Å². The Morgan fingerprint density at radius 3 is 2.90 bits per heavy atom. The van der Waals surface area contributed by atoms with Crippen molar-refractivity contribution >= 4 is 28.8 Å². The first-order chi connectivity index (χ1) is 4.66. The summed E-state index contributed by atoms with van der Waals surface area (Å²) in [6.45, 7) is 4.03. The first-order valence-electron chi connectivity index (χ1n) is 2.80. The van der Waals surface area contributed by atoms with E-state index in [4.69, 9.17) is 4.74 Å². The molecule has 58 valence electrons. The molecule has 0 amide bonds. The molecule has 0 aromatic carbocycles. The molecule has 0 N–H and O–H groups in total. The Morgan fingerprint density at radius 2 is 2.50 bits per heavy atom. The highest BCUT2D eigenvalue weighted by atomic mass is 127. The molecule has 0 aliphatic rings. The summed E-state index contributed by atoms with van der Waals surface area (Å²) >= 11 is 2.02. The Hall–Kier alpha value is -0.100. The van der Waals surface area contributed by atoms with Gasteiger partial charge in [0, 0.05) is 22.9 Å². The van der Waals surface area contributed by atoms with Crippen molar-refractivity contribution in [1.82, 2.24) is 3.11 Å². The third kappa shape index (κ3) is 6.03. The summed E-state index contributed by atoms with van der Waals surface area (Å²) in [6, 6.07) is 0. The maximum atomic E-state index is 10.7. The van der Waals surface area contributed by atoms with Gasteiger partial charge in [-0.25, -0.2) is 3.11 Å². The van der Waals surface area contributed by atoms with Gasteiger partial charge in [0.2, 0.25) is 0 Å². The van der Waals surface area contributed by atoms with Crippen LogP contribution in [0.25, 0.3) is 0 Å². The lowest BCUT2D eigenvalue weighted by Gasteiger charge is -2.05. The Bertz CT molecular complexity index is 125. The first-order valence-corrected chi connectivity index (χ1v) is 3.76. The number of hydrogen-bond donors (Lipinski definition) is 0. The third-order valence-electron chi connectivity index (χ3n) is 0.709. The molecule has 0 spiro atoms. The van der Waals surface area contributed by atoms with Crippen LogP contribution in [0, 0.1) is 0 Å². The number of carbonyl (C=O) groups excluding carboxylic acids is 1. The van der Waals surface area contributed by atoms with E-state index >= 15 is 0 Å². The summed E-state index contributed by atoms with van der Waals surface area (Å²) in [4.78, 5) is 10.7. The number of rotatable bonds is 4. The quantitative estimate of drug-likeness (QED) is 0.325. The van der Waals surface area contributed by atoms with Crippen molar-refractivity contribution in [1.29, 1.82) is 0 Å². The van der Waals surface area contributed by atoms with Crippen LogP contribution >= 0.6 is 22.9 Å². The summed E-state index contributed by atoms with van der Waals surface area (Å²) < 4.78 is 6.42. The summed E-state index contributed by atoms with van der Waals surface area (Å²) in [5, 5.41) is 0. The predicted molar refractivity (Wildman–Crippen MR) is 47.8 cm³/mol. The van der Waals surface area contributed by atoms with Gasteiger partial charge in [0.05, 0.1) is 0 Å². The van der Waals surface area contributed by atoms with Crippen molar-refractivity contribution in [3.63, 3.8) is 0 Å². The molecule has 0 rings (SSSR count). The van der Waals surface area contributed by atoms with Crippen LogP contribution in [0.4, 0.5) is 0 Å². The molecule has 0 aromatic rings. The smallest absolute Gasteiger partial charge is 0.321 e. The van der Waals surface area contributed by atoms with Gasteiger partial charge in [-0.2, -0.15) is 0 Å². The Morgan fingerprint density at radius 1 is 1.90 bits per heavy atom. The number of nitrogens with zero attached hydrogens (tertiary/aromatic N) is 1. The minimum atomic E-state index is -0.225. The van der Waals surface area contributed by atoms with Crippen molar-refractivity contribution in [2.45, 2.75) is 0 Å². The van der Waals surface area contributed by atoms with Gasteiger partial charge < -0.3 is 4.74 Å². The van der Waals surface area contributed by atoms with E-state index in [2.05, 4.69) is 6.58 Å². The molecule has 10 heavy (non-hydrogen) atoms. The van der Waals surface area contributed by atoms with Crippen molar-refractivity contribution in [2.24, 2.45) is 0 Å². The third-order valence-corrected chi connectivity index (χ3v) is 1.05. The number of esters is 1. The Balaban J connectivity index is 3.34. The average Bonchev–Trinajstić information content (AvgIpc) is 1.82. The molecule has 0 aromatic heterocycles. The van der Waals surface area contributed by atoms with Crippen LogP contribution in [0.15, 0.2) is 12.7 Å². The highest BCUT2D eigenvalue weighted by molar-refractivity contribution is 14.1. The second-order valence-electron chi connectivity index (χ2n) is 1.73. The topological polar surface area (TPSA) is 29.5 Å². The van der Waals surface area contributed by atoms with E-state index in [1.165, 1.54) is 0 Å². The molecule has 0 saturated heterocycles. The molecule has 0 aliphatic heterocycles. The van der Waals surface area contributed by atoms with Gasteiger partial charge in [-0.1, -0.05) is 12.7 Å². The van der Waals surface area contributed by atoms with E-state index < -0.39 is 0 Å². The van der Waals surface area contributed by atoms with E-state index in [-0.39, 0.29) is 5.97 Å². The van der Waals surface area contributed by atoms with Crippen LogP contribution in [-0.2, 0) is 9.53 Å². The normalized spacial score (nSPS) is 9.50. The molecule has 3 nitrogen and oxygen atoms in total. The van der Waals surface area contributed by atoms with Gasteiger partial charge >= 0.3 is 5.97 Å². The van der Waals surface area contributed by atoms with Gasteiger partial charge in [-0.15, -0.1) is 0 Å². The zero-order valence-electron chi connectivity index (χ0n) is 5.84. The second kappa shape index (κ2) is 5.67. The molecule has 0 unspecified atom stereocenters. The summed E-state index contributed by atoms with van der Waals surface area (Å²) in [5.74, 6) is -0.225. The van der Waals surface area contributed by atoms with Gasteiger partial charge in [0.15, 0.2) is 0 Å². The molecule has 0 radical (unpaired) electrons. The fourth-order valence-electron chi connectivity index (χ4n) is 0.375. The highest BCUT2D eigenvalue weighted by Crippen LogP contribution is 1.92. The molecule has 0 aliphatic carbocycles. The van der Waals surface area contributed by atoms with Crippen molar-refractivity contribution in [3.05, 3.63) is 12.7 Å². The van der Waals surface area contributed by atoms with E-state index in [1.807, 2.05) is 22.9 Å². The van der Waals surface area contributed by atoms with E-state index in [1.54, 1.807) is 16.2 Å². The summed E-state index contributed by atoms with van der Waals surface area (Å²) in [7, 11) is 1.80. The fourth-order valence-corrected chi connectivity index (χ4v) is 0.654. The second-order valence-corrected chi connectivity index (χ2v) is 3.38. The number of hydrogen-bond acceptors (Lipinski definition) is 3. The maximum Gasteiger partial charge on any atom is 0.321 e. The molecule has 0 saturated carbocycles. The maximum absolute atomic E-state index is 10.7.